The molecular formula is C8H13N3O6. The molecule has 2 aliphatic rings. The van der Waals surface area contributed by atoms with E-state index in [1.165, 1.54) is 0 Å². The van der Waals surface area contributed by atoms with Crippen LogP contribution in [-0.4, -0.2) is 55.1 Å². The Morgan fingerprint density at radius 3 is 2.82 bits per heavy atom. The van der Waals surface area contributed by atoms with Crippen molar-refractivity contribution in [2.24, 2.45) is 5.73 Å². The van der Waals surface area contributed by atoms with E-state index in [0.29, 0.717) is 0 Å². The van der Waals surface area contributed by atoms with Gasteiger partial charge in [0.25, 0.3) is 5.09 Å². The maximum absolute atomic E-state index is 11.1. The van der Waals surface area contributed by atoms with Gasteiger partial charge in [-0.15, -0.1) is 10.1 Å². The molecule has 0 aromatic heterocycles. The van der Waals surface area contributed by atoms with E-state index in [0.717, 1.165) is 0 Å². The van der Waals surface area contributed by atoms with E-state index in [1.807, 2.05) is 0 Å². The van der Waals surface area contributed by atoms with Gasteiger partial charge in [0.15, 0.2) is 6.10 Å². The Morgan fingerprint density at radius 2 is 2.18 bits per heavy atom. The van der Waals surface area contributed by atoms with Crippen molar-refractivity contribution in [1.82, 2.24) is 5.32 Å². The average molecular weight is 247 g/mol. The lowest BCUT2D eigenvalue weighted by molar-refractivity contribution is -0.769. The molecule has 17 heavy (non-hydrogen) atoms. The second-order valence-corrected chi connectivity index (χ2v) is 3.84. The van der Waals surface area contributed by atoms with E-state index in [4.69, 9.17) is 15.2 Å². The van der Waals surface area contributed by atoms with Gasteiger partial charge in [0.1, 0.15) is 12.2 Å². The molecule has 3 N–H and O–H groups in total. The summed E-state index contributed by atoms with van der Waals surface area (Å²) >= 11 is 0. The first-order valence-electron chi connectivity index (χ1n) is 5.15. The van der Waals surface area contributed by atoms with Crippen LogP contribution in [0.3, 0.4) is 0 Å². The second-order valence-electron chi connectivity index (χ2n) is 3.84. The van der Waals surface area contributed by atoms with Gasteiger partial charge in [-0.3, -0.25) is 4.79 Å². The smallest absolute Gasteiger partial charge is 0.294 e. The Hall–Kier alpha value is -1.45. The van der Waals surface area contributed by atoms with Crippen molar-refractivity contribution in [2.45, 2.75) is 24.4 Å². The number of amides is 1. The summed E-state index contributed by atoms with van der Waals surface area (Å²) in [7, 11) is 0. The van der Waals surface area contributed by atoms with Gasteiger partial charge in [0.05, 0.1) is 25.8 Å². The minimum atomic E-state index is -0.869. The van der Waals surface area contributed by atoms with Crippen LogP contribution in [0.5, 0.6) is 0 Å². The fourth-order valence-electron chi connectivity index (χ4n) is 2.05. The summed E-state index contributed by atoms with van der Waals surface area (Å²) in [5, 5.41) is 12.0. The summed E-state index contributed by atoms with van der Waals surface area (Å²) in [6, 6.07) is -0.337. The van der Waals surface area contributed by atoms with Crippen LogP contribution in [0, 0.1) is 10.1 Å². The lowest BCUT2D eigenvalue weighted by Crippen LogP contribution is -2.46. The number of carbonyl (C=O) groups is 1. The third-order valence-electron chi connectivity index (χ3n) is 2.76. The average Bonchev–Trinajstić information content (AvgIpc) is 2.83. The SMILES string of the molecule is NCC(=O)N[C@@H]1CO[C@H]2[C@@H]1OC[C@@H]2O[N+](=O)[O-]. The van der Waals surface area contributed by atoms with Crippen molar-refractivity contribution in [2.75, 3.05) is 19.8 Å². The number of rotatable bonds is 4. The summed E-state index contributed by atoms with van der Waals surface area (Å²) < 4.78 is 10.7. The van der Waals surface area contributed by atoms with Gasteiger partial charge in [-0.05, 0) is 0 Å². The zero-order chi connectivity index (χ0) is 12.4. The summed E-state index contributed by atoms with van der Waals surface area (Å²) in [6.45, 7) is 0.187. The summed E-state index contributed by atoms with van der Waals surface area (Å²) in [5.74, 6) is -0.318. The number of fused-ring (bicyclic) bond motifs is 1. The predicted molar refractivity (Wildman–Crippen MR) is 52.3 cm³/mol. The molecule has 2 rings (SSSR count). The first kappa shape index (κ1) is 12.0. The topological polar surface area (TPSA) is 126 Å². The minimum Gasteiger partial charge on any atom is -0.371 e. The summed E-state index contributed by atoms with van der Waals surface area (Å²) in [4.78, 5) is 25.8. The molecule has 0 aromatic rings. The molecule has 0 aliphatic carbocycles. The van der Waals surface area contributed by atoms with E-state index in [-0.39, 0.29) is 31.7 Å². The van der Waals surface area contributed by atoms with Crippen LogP contribution >= 0.6 is 0 Å². The molecule has 2 fully saturated rings. The van der Waals surface area contributed by atoms with Crippen molar-refractivity contribution < 1.29 is 24.2 Å². The summed E-state index contributed by atoms with van der Waals surface area (Å²) in [6.07, 6.45) is -1.69. The standard InChI is InChI=1S/C8H13N3O6/c9-1-6(12)10-4-2-15-8-5(17-11(13)14)3-16-7(4)8/h4-5,7-8H,1-3,9H2,(H,10,12)/t4-,5+,7-,8-/m1/s1. The van der Waals surface area contributed by atoms with Crippen molar-refractivity contribution in [3.05, 3.63) is 10.1 Å². The van der Waals surface area contributed by atoms with Gasteiger partial charge in [-0.1, -0.05) is 0 Å². The monoisotopic (exact) mass is 247 g/mol. The molecule has 2 aliphatic heterocycles. The highest BCUT2D eigenvalue weighted by atomic mass is 17.0. The number of carbonyl (C=O) groups excluding carboxylic acids is 1. The molecule has 0 unspecified atom stereocenters. The maximum atomic E-state index is 11.1. The highest BCUT2D eigenvalue weighted by Gasteiger charge is 2.49. The molecule has 0 radical (unpaired) electrons. The highest BCUT2D eigenvalue weighted by Crippen LogP contribution is 2.28. The zero-order valence-corrected chi connectivity index (χ0v) is 8.90. The Balaban J connectivity index is 1.92. The number of nitrogens with one attached hydrogen (secondary N) is 1. The van der Waals surface area contributed by atoms with Gasteiger partial charge < -0.3 is 25.4 Å². The number of nitrogens with zero attached hydrogens (tertiary/aromatic N) is 1. The largest absolute Gasteiger partial charge is 0.371 e. The molecule has 0 saturated carbocycles. The Bertz CT molecular complexity index is 324. The first-order valence-corrected chi connectivity index (χ1v) is 5.15. The lowest BCUT2D eigenvalue weighted by Gasteiger charge is -2.16. The fourth-order valence-corrected chi connectivity index (χ4v) is 2.05. The third-order valence-corrected chi connectivity index (χ3v) is 2.76. The second kappa shape index (κ2) is 4.82. The normalized spacial score (nSPS) is 35.4. The molecule has 2 heterocycles. The number of nitrogens with two attached hydrogens (primary N) is 1. The van der Waals surface area contributed by atoms with E-state index in [9.17, 15) is 14.9 Å². The van der Waals surface area contributed by atoms with Gasteiger partial charge >= 0.3 is 0 Å². The van der Waals surface area contributed by atoms with E-state index >= 15 is 0 Å². The molecular weight excluding hydrogens is 234 g/mol. The van der Waals surface area contributed by atoms with Gasteiger partial charge in [-0.2, -0.15) is 0 Å². The van der Waals surface area contributed by atoms with Crippen LogP contribution in [0.25, 0.3) is 0 Å². The third kappa shape index (κ3) is 2.46. The van der Waals surface area contributed by atoms with Crippen LogP contribution in [0.1, 0.15) is 0 Å². The Kier molecular flexibility index (Phi) is 3.41. The highest BCUT2D eigenvalue weighted by molar-refractivity contribution is 5.78. The molecule has 4 atom stereocenters. The fraction of sp³-hybridized carbons (Fsp3) is 0.875. The van der Waals surface area contributed by atoms with Crippen molar-refractivity contribution in [1.29, 1.82) is 0 Å². The number of hydrogen-bond donors (Lipinski definition) is 2. The Labute approximate surface area is 96.3 Å². The van der Waals surface area contributed by atoms with Crippen LogP contribution in [0.15, 0.2) is 0 Å². The van der Waals surface area contributed by atoms with Gasteiger partial charge in [0.2, 0.25) is 5.91 Å². The van der Waals surface area contributed by atoms with E-state index in [2.05, 4.69) is 10.2 Å². The molecule has 0 aromatic carbocycles. The molecule has 0 spiro atoms. The Morgan fingerprint density at radius 1 is 1.47 bits per heavy atom. The van der Waals surface area contributed by atoms with Crippen LogP contribution < -0.4 is 11.1 Å². The number of hydrogen-bond acceptors (Lipinski definition) is 7. The molecule has 9 heteroatoms. The quantitative estimate of drug-likeness (QED) is 0.426. The van der Waals surface area contributed by atoms with Gasteiger partial charge in [-0.25, -0.2) is 0 Å². The predicted octanol–water partition coefficient (Wildman–Crippen LogP) is -2.20. The number of ether oxygens (including phenoxy) is 2. The summed E-state index contributed by atoms with van der Waals surface area (Å²) in [5.41, 5.74) is 5.17. The van der Waals surface area contributed by atoms with Crippen molar-refractivity contribution >= 4 is 5.91 Å². The van der Waals surface area contributed by atoms with Crippen LogP contribution in [-0.2, 0) is 19.1 Å². The van der Waals surface area contributed by atoms with Crippen molar-refractivity contribution in [3.63, 3.8) is 0 Å². The van der Waals surface area contributed by atoms with Crippen LogP contribution in [0.4, 0.5) is 0 Å². The van der Waals surface area contributed by atoms with E-state index in [1.54, 1.807) is 0 Å². The maximum Gasteiger partial charge on any atom is 0.294 e. The van der Waals surface area contributed by atoms with Crippen molar-refractivity contribution in [3.8, 4) is 0 Å². The molecule has 2 saturated heterocycles. The minimum absolute atomic E-state index is 0.0747. The first-order chi connectivity index (χ1) is 8.11. The van der Waals surface area contributed by atoms with Crippen LogP contribution in [0.2, 0.25) is 0 Å². The molecule has 9 nitrogen and oxygen atoms in total. The molecule has 1 amide bonds. The molecule has 96 valence electrons. The lowest BCUT2D eigenvalue weighted by atomic mass is 10.1. The molecule has 0 bridgehead atoms. The van der Waals surface area contributed by atoms with E-state index < -0.39 is 23.4 Å². The zero-order valence-electron chi connectivity index (χ0n) is 8.90. The van der Waals surface area contributed by atoms with Gasteiger partial charge in [0, 0.05) is 0 Å².